The second kappa shape index (κ2) is 14.6. The lowest BCUT2D eigenvalue weighted by Gasteiger charge is -2.32. The second-order valence-electron chi connectivity index (χ2n) is 10.0. The number of aryl methyl sites for hydroxylation is 1. The number of nitrogens with one attached hydrogen (secondary N) is 1. The minimum Gasteiger partial charge on any atom is -0.497 e. The Bertz CT molecular complexity index is 1500. The molecule has 1 N–H and O–H groups in total. The van der Waals surface area contributed by atoms with E-state index in [1.807, 2.05) is 26.8 Å². The molecule has 0 aliphatic heterocycles. The van der Waals surface area contributed by atoms with Crippen LogP contribution in [0.2, 0.25) is 0 Å². The lowest BCUT2D eigenvalue weighted by atomic mass is 10.1. The van der Waals surface area contributed by atoms with E-state index in [1.54, 1.807) is 62.6 Å². The van der Waals surface area contributed by atoms with Gasteiger partial charge in [0.05, 0.1) is 29.3 Å². The summed E-state index contributed by atoms with van der Waals surface area (Å²) in [5, 5.41) is 2.93. The van der Waals surface area contributed by atoms with Crippen LogP contribution in [0.25, 0.3) is 0 Å². The first-order valence-electron chi connectivity index (χ1n) is 13.6. The molecule has 2 amide bonds. The van der Waals surface area contributed by atoms with Crippen molar-refractivity contribution in [2.75, 3.05) is 25.1 Å². The standard InChI is InChI=1S/C31H38BrN3O6S/c1-7-22(3)33-31(37)23(4)34(19-24-9-8-10-26(17-24)40-5)30(36)20-35(25-13-11-21(2)12-14-25)42(38,39)27-15-16-29(41-6)28(32)18-27/h8-18,22-23H,7,19-20H2,1-6H3,(H,33,37)/t22-,23+/m0/s1. The summed E-state index contributed by atoms with van der Waals surface area (Å²) in [4.78, 5) is 28.7. The number of hydrogen-bond acceptors (Lipinski definition) is 6. The summed E-state index contributed by atoms with van der Waals surface area (Å²) < 4.78 is 40.2. The van der Waals surface area contributed by atoms with Crippen molar-refractivity contribution in [2.24, 2.45) is 0 Å². The van der Waals surface area contributed by atoms with Crippen molar-refractivity contribution in [1.29, 1.82) is 0 Å². The van der Waals surface area contributed by atoms with Gasteiger partial charge in [-0.15, -0.1) is 0 Å². The van der Waals surface area contributed by atoms with Crippen molar-refractivity contribution >= 4 is 43.5 Å². The molecular formula is C31H38BrN3O6S. The van der Waals surface area contributed by atoms with Crippen LogP contribution < -0.4 is 19.1 Å². The number of anilines is 1. The third-order valence-electron chi connectivity index (χ3n) is 6.97. The smallest absolute Gasteiger partial charge is 0.264 e. The second-order valence-corrected chi connectivity index (χ2v) is 12.7. The molecule has 3 aromatic carbocycles. The van der Waals surface area contributed by atoms with Crippen molar-refractivity contribution in [3.8, 4) is 11.5 Å². The minimum atomic E-state index is -4.22. The molecule has 0 aliphatic carbocycles. The van der Waals surface area contributed by atoms with Crippen LogP contribution in [0.1, 0.15) is 38.3 Å². The fourth-order valence-corrected chi connectivity index (χ4v) is 6.32. The zero-order valence-corrected chi connectivity index (χ0v) is 27.2. The Morgan fingerprint density at radius 1 is 0.976 bits per heavy atom. The molecule has 0 unspecified atom stereocenters. The molecule has 42 heavy (non-hydrogen) atoms. The first-order chi connectivity index (χ1) is 19.9. The van der Waals surface area contributed by atoms with Crippen molar-refractivity contribution in [3.63, 3.8) is 0 Å². The van der Waals surface area contributed by atoms with E-state index in [-0.39, 0.29) is 23.4 Å². The highest BCUT2D eigenvalue weighted by molar-refractivity contribution is 9.10. The fourth-order valence-electron chi connectivity index (χ4n) is 4.19. The topological polar surface area (TPSA) is 105 Å². The Labute approximate surface area is 257 Å². The van der Waals surface area contributed by atoms with Gasteiger partial charge in [0.25, 0.3) is 10.0 Å². The number of rotatable bonds is 13. The van der Waals surface area contributed by atoms with Crippen LogP contribution in [0, 0.1) is 6.92 Å². The molecule has 0 aliphatic rings. The van der Waals surface area contributed by atoms with Crippen molar-refractivity contribution in [1.82, 2.24) is 10.2 Å². The quantitative estimate of drug-likeness (QED) is 0.267. The first kappa shape index (κ1) is 32.9. The Morgan fingerprint density at radius 3 is 2.26 bits per heavy atom. The molecule has 0 heterocycles. The Morgan fingerprint density at radius 2 is 1.67 bits per heavy atom. The molecule has 2 atom stereocenters. The van der Waals surface area contributed by atoms with Crippen molar-refractivity contribution in [3.05, 3.63) is 82.3 Å². The average molecular weight is 661 g/mol. The largest absolute Gasteiger partial charge is 0.497 e. The number of carbonyl (C=O) groups excluding carboxylic acids is 2. The van der Waals surface area contributed by atoms with Crippen LogP contribution in [0.3, 0.4) is 0 Å². The van der Waals surface area contributed by atoms with Crippen LogP contribution in [0.4, 0.5) is 5.69 Å². The first-order valence-corrected chi connectivity index (χ1v) is 15.8. The van der Waals surface area contributed by atoms with Gasteiger partial charge < -0.3 is 19.7 Å². The van der Waals surface area contributed by atoms with Gasteiger partial charge in [0.15, 0.2) is 0 Å². The van der Waals surface area contributed by atoms with E-state index in [1.165, 1.54) is 24.1 Å². The number of ether oxygens (including phenoxy) is 2. The lowest BCUT2D eigenvalue weighted by Crippen LogP contribution is -2.52. The third-order valence-corrected chi connectivity index (χ3v) is 9.36. The van der Waals surface area contributed by atoms with Gasteiger partial charge in [0.1, 0.15) is 24.1 Å². The molecule has 0 fully saturated rings. The predicted molar refractivity (Wildman–Crippen MR) is 167 cm³/mol. The van der Waals surface area contributed by atoms with Crippen LogP contribution >= 0.6 is 15.9 Å². The molecule has 9 nitrogen and oxygen atoms in total. The fraction of sp³-hybridized carbons (Fsp3) is 0.355. The Kier molecular flexibility index (Phi) is 11.4. The molecule has 3 rings (SSSR count). The number of hydrogen-bond donors (Lipinski definition) is 1. The summed E-state index contributed by atoms with van der Waals surface area (Å²) in [6.45, 7) is 6.91. The van der Waals surface area contributed by atoms with E-state index in [9.17, 15) is 18.0 Å². The van der Waals surface area contributed by atoms with Gasteiger partial charge in [0.2, 0.25) is 11.8 Å². The molecular weight excluding hydrogens is 622 g/mol. The normalized spacial score (nSPS) is 12.6. The monoisotopic (exact) mass is 659 g/mol. The van der Waals surface area contributed by atoms with Gasteiger partial charge in [-0.2, -0.15) is 0 Å². The number of benzene rings is 3. The van der Waals surface area contributed by atoms with Crippen LogP contribution in [0.5, 0.6) is 11.5 Å². The summed E-state index contributed by atoms with van der Waals surface area (Å²) in [7, 11) is -1.18. The molecule has 0 radical (unpaired) electrons. The summed E-state index contributed by atoms with van der Waals surface area (Å²) in [5.41, 5.74) is 1.98. The van der Waals surface area contributed by atoms with Gasteiger partial charge in [-0.3, -0.25) is 13.9 Å². The molecule has 0 saturated carbocycles. The molecule has 11 heteroatoms. The van der Waals surface area contributed by atoms with Crippen LogP contribution in [0.15, 0.2) is 76.1 Å². The molecule has 0 saturated heterocycles. The number of methoxy groups -OCH3 is 2. The maximum atomic E-state index is 14.1. The zero-order valence-electron chi connectivity index (χ0n) is 24.8. The molecule has 3 aromatic rings. The van der Waals surface area contributed by atoms with Gasteiger partial charge in [-0.1, -0.05) is 36.8 Å². The number of sulfonamides is 1. The molecule has 0 aromatic heterocycles. The maximum absolute atomic E-state index is 14.1. The van der Waals surface area contributed by atoms with Crippen molar-refractivity contribution < 1.29 is 27.5 Å². The van der Waals surface area contributed by atoms with E-state index in [4.69, 9.17) is 9.47 Å². The molecule has 0 bridgehead atoms. The van der Waals surface area contributed by atoms with E-state index >= 15 is 0 Å². The summed E-state index contributed by atoms with van der Waals surface area (Å²) in [5.74, 6) is 0.203. The van der Waals surface area contributed by atoms with Crippen molar-refractivity contribution in [2.45, 2.75) is 57.6 Å². The summed E-state index contributed by atoms with van der Waals surface area (Å²) in [6, 6.07) is 17.5. The number of halogens is 1. The van der Waals surface area contributed by atoms with Crippen LogP contribution in [-0.4, -0.2) is 58.0 Å². The highest BCUT2D eigenvalue weighted by Gasteiger charge is 2.33. The predicted octanol–water partition coefficient (Wildman–Crippen LogP) is 5.30. The van der Waals surface area contributed by atoms with E-state index in [0.717, 1.165) is 21.9 Å². The van der Waals surface area contributed by atoms with Gasteiger partial charge in [-0.25, -0.2) is 8.42 Å². The molecule has 0 spiro atoms. The van der Waals surface area contributed by atoms with E-state index in [2.05, 4.69) is 21.2 Å². The van der Waals surface area contributed by atoms with Gasteiger partial charge >= 0.3 is 0 Å². The minimum absolute atomic E-state index is 0.0227. The van der Waals surface area contributed by atoms with Crippen LogP contribution in [-0.2, 0) is 26.2 Å². The SMILES string of the molecule is CC[C@H](C)NC(=O)[C@@H](C)N(Cc1cccc(OC)c1)C(=O)CN(c1ccc(C)cc1)S(=O)(=O)c1ccc(OC)c(Br)c1. The van der Waals surface area contributed by atoms with E-state index < -0.39 is 28.5 Å². The summed E-state index contributed by atoms with van der Waals surface area (Å²) >= 11 is 3.36. The Balaban J connectivity index is 2.05. The van der Waals surface area contributed by atoms with Gasteiger partial charge in [-0.05, 0) is 91.1 Å². The highest BCUT2D eigenvalue weighted by Crippen LogP contribution is 2.31. The van der Waals surface area contributed by atoms with Gasteiger partial charge in [0, 0.05) is 12.6 Å². The Hall–Kier alpha value is -3.57. The summed E-state index contributed by atoms with van der Waals surface area (Å²) in [6.07, 6.45) is 0.721. The third kappa shape index (κ3) is 8.04. The number of amides is 2. The number of carbonyl (C=O) groups is 2. The zero-order chi connectivity index (χ0) is 31.0. The number of nitrogens with zero attached hydrogens (tertiary/aromatic N) is 2. The average Bonchev–Trinajstić information content (AvgIpc) is 2.98. The molecule has 226 valence electrons. The lowest BCUT2D eigenvalue weighted by molar-refractivity contribution is -0.139. The highest BCUT2D eigenvalue weighted by atomic mass is 79.9. The maximum Gasteiger partial charge on any atom is 0.264 e. The van der Waals surface area contributed by atoms with E-state index in [0.29, 0.717) is 21.7 Å².